The predicted octanol–water partition coefficient (Wildman–Crippen LogP) is 2.20. The average Bonchev–Trinajstić information content (AvgIpc) is 2.49. The maximum Gasteiger partial charge on any atom is 0.317 e. The Morgan fingerprint density at radius 2 is 2.22 bits per heavy atom. The van der Waals surface area contributed by atoms with Crippen LogP contribution in [0.4, 0.5) is 9.18 Å². The number of benzene rings is 1. The number of carbonyl (C=O) groups excluding carboxylic acids is 1. The van der Waals surface area contributed by atoms with Gasteiger partial charge in [0, 0.05) is 19.7 Å². The molecule has 0 saturated carbocycles. The molecule has 1 aliphatic rings. The van der Waals surface area contributed by atoms with Crippen LogP contribution in [0, 0.1) is 5.82 Å². The van der Waals surface area contributed by atoms with Crippen LogP contribution in [-0.2, 0) is 15.9 Å². The zero-order valence-corrected chi connectivity index (χ0v) is 13.9. The van der Waals surface area contributed by atoms with Crippen molar-refractivity contribution in [2.24, 2.45) is 0 Å². The largest absolute Gasteiger partial charge is 0.382 e. The van der Waals surface area contributed by atoms with Crippen molar-refractivity contribution >= 4 is 6.03 Å². The molecule has 3 atom stereocenters. The first-order chi connectivity index (χ1) is 11.0. The van der Waals surface area contributed by atoms with E-state index in [4.69, 9.17) is 9.47 Å². The number of methoxy groups -OCH3 is 1. The molecule has 0 aliphatic carbocycles. The first-order valence-electron chi connectivity index (χ1n) is 7.92. The van der Waals surface area contributed by atoms with E-state index in [9.17, 15) is 9.18 Å². The molecule has 3 unspecified atom stereocenters. The Balaban J connectivity index is 1.89. The van der Waals surface area contributed by atoms with E-state index in [-0.39, 0.29) is 30.1 Å². The number of morpholine rings is 1. The molecular formula is C17H25FN2O3. The number of nitrogens with one attached hydrogen (secondary N) is 1. The molecule has 0 radical (unpaired) electrons. The second kappa shape index (κ2) is 8.26. The Kier molecular flexibility index (Phi) is 6.36. The summed E-state index contributed by atoms with van der Waals surface area (Å²) in [5, 5.41) is 2.93. The Bertz CT molecular complexity index is 526. The summed E-state index contributed by atoms with van der Waals surface area (Å²) in [6, 6.07) is 6.33. The highest BCUT2D eigenvalue weighted by atomic mass is 19.1. The third-order valence-electron chi connectivity index (χ3n) is 3.82. The number of ether oxygens (including phenoxy) is 2. The van der Waals surface area contributed by atoms with Crippen LogP contribution in [0.5, 0.6) is 0 Å². The van der Waals surface area contributed by atoms with Crippen LogP contribution in [0.25, 0.3) is 0 Å². The molecule has 1 fully saturated rings. The second-order valence-electron chi connectivity index (χ2n) is 6.08. The number of amides is 2. The lowest BCUT2D eigenvalue weighted by Crippen LogP contribution is -2.54. The number of carbonyl (C=O) groups is 1. The average molecular weight is 324 g/mol. The summed E-state index contributed by atoms with van der Waals surface area (Å²) in [4.78, 5) is 14.1. The number of rotatable bonds is 5. The fourth-order valence-corrected chi connectivity index (χ4v) is 2.84. The topological polar surface area (TPSA) is 50.8 Å². The Morgan fingerprint density at radius 3 is 2.91 bits per heavy atom. The molecule has 1 heterocycles. The lowest BCUT2D eigenvalue weighted by molar-refractivity contribution is -0.0898. The molecule has 2 amide bonds. The summed E-state index contributed by atoms with van der Waals surface area (Å²) in [5.74, 6) is -0.242. The van der Waals surface area contributed by atoms with Gasteiger partial charge in [-0.15, -0.1) is 0 Å². The number of nitrogens with zero attached hydrogens (tertiary/aromatic N) is 1. The van der Waals surface area contributed by atoms with Crippen LogP contribution in [0.3, 0.4) is 0 Å². The van der Waals surface area contributed by atoms with Crippen molar-refractivity contribution in [2.75, 3.05) is 26.8 Å². The monoisotopic (exact) mass is 324 g/mol. The molecule has 1 aromatic rings. The van der Waals surface area contributed by atoms with Crippen LogP contribution >= 0.6 is 0 Å². The summed E-state index contributed by atoms with van der Waals surface area (Å²) in [6.45, 7) is 5.31. The molecule has 0 bridgehead atoms. The third-order valence-corrected chi connectivity index (χ3v) is 3.82. The van der Waals surface area contributed by atoms with Crippen LogP contribution in [0.15, 0.2) is 24.3 Å². The smallest absolute Gasteiger partial charge is 0.317 e. The van der Waals surface area contributed by atoms with Crippen molar-refractivity contribution in [2.45, 2.75) is 38.5 Å². The van der Waals surface area contributed by atoms with Gasteiger partial charge in [-0.05, 0) is 31.9 Å². The van der Waals surface area contributed by atoms with Crippen molar-refractivity contribution < 1.29 is 18.7 Å². The van der Waals surface area contributed by atoms with Crippen LogP contribution < -0.4 is 5.32 Å². The van der Waals surface area contributed by atoms with E-state index in [0.29, 0.717) is 31.7 Å². The summed E-state index contributed by atoms with van der Waals surface area (Å²) in [7, 11) is 1.61. The summed E-state index contributed by atoms with van der Waals surface area (Å²) < 4.78 is 24.5. The minimum Gasteiger partial charge on any atom is -0.382 e. The Labute approximate surface area is 136 Å². The van der Waals surface area contributed by atoms with Crippen molar-refractivity contribution in [3.05, 3.63) is 35.6 Å². The van der Waals surface area contributed by atoms with E-state index in [0.717, 1.165) is 0 Å². The highest BCUT2D eigenvalue weighted by molar-refractivity contribution is 5.74. The maximum atomic E-state index is 13.7. The van der Waals surface area contributed by atoms with Gasteiger partial charge in [0.05, 0.1) is 25.4 Å². The fraction of sp³-hybridized carbons (Fsp3) is 0.588. The number of urea groups is 1. The molecule has 1 aromatic carbocycles. The normalized spacial score (nSPS) is 22.7. The van der Waals surface area contributed by atoms with Crippen molar-refractivity contribution in [3.63, 3.8) is 0 Å². The fourth-order valence-electron chi connectivity index (χ4n) is 2.84. The maximum absolute atomic E-state index is 13.7. The number of hydrogen-bond acceptors (Lipinski definition) is 3. The summed E-state index contributed by atoms with van der Waals surface area (Å²) in [5.41, 5.74) is 0.605. The van der Waals surface area contributed by atoms with Gasteiger partial charge in [-0.3, -0.25) is 0 Å². The van der Waals surface area contributed by atoms with E-state index in [1.165, 1.54) is 6.07 Å². The third kappa shape index (κ3) is 5.18. The van der Waals surface area contributed by atoms with Gasteiger partial charge in [0.2, 0.25) is 0 Å². The van der Waals surface area contributed by atoms with Gasteiger partial charge in [0.25, 0.3) is 0 Å². The molecule has 1 aliphatic heterocycles. The van der Waals surface area contributed by atoms with Gasteiger partial charge in [-0.1, -0.05) is 18.2 Å². The summed E-state index contributed by atoms with van der Waals surface area (Å²) >= 11 is 0. The zero-order chi connectivity index (χ0) is 16.8. The molecule has 5 nitrogen and oxygen atoms in total. The SMILES string of the molecule is COCC1CN(C(=O)NC(C)Cc2ccccc2F)CC(C)O1. The number of halogens is 1. The molecule has 1 saturated heterocycles. The highest BCUT2D eigenvalue weighted by Crippen LogP contribution is 2.13. The molecule has 128 valence electrons. The Hall–Kier alpha value is -1.66. The molecule has 2 rings (SSSR count). The van der Waals surface area contributed by atoms with Gasteiger partial charge in [-0.25, -0.2) is 9.18 Å². The minimum absolute atomic E-state index is 0.0310. The van der Waals surface area contributed by atoms with E-state index in [1.807, 2.05) is 13.8 Å². The van der Waals surface area contributed by atoms with Gasteiger partial charge < -0.3 is 19.7 Å². The highest BCUT2D eigenvalue weighted by Gasteiger charge is 2.28. The zero-order valence-electron chi connectivity index (χ0n) is 13.9. The number of hydrogen-bond donors (Lipinski definition) is 1. The molecular weight excluding hydrogens is 299 g/mol. The summed E-state index contributed by atoms with van der Waals surface area (Å²) in [6.07, 6.45) is 0.313. The lowest BCUT2D eigenvalue weighted by Gasteiger charge is -2.37. The van der Waals surface area contributed by atoms with Gasteiger partial charge >= 0.3 is 6.03 Å². The van der Waals surface area contributed by atoms with Crippen LogP contribution in [0.1, 0.15) is 19.4 Å². The molecule has 0 spiro atoms. The van der Waals surface area contributed by atoms with E-state index in [2.05, 4.69) is 5.32 Å². The van der Waals surface area contributed by atoms with Crippen LogP contribution in [0.2, 0.25) is 0 Å². The predicted molar refractivity (Wildman–Crippen MR) is 85.9 cm³/mol. The molecule has 0 aromatic heterocycles. The Morgan fingerprint density at radius 1 is 1.48 bits per heavy atom. The van der Waals surface area contributed by atoms with Gasteiger partial charge in [0.1, 0.15) is 5.82 Å². The quantitative estimate of drug-likeness (QED) is 0.903. The standard InChI is InChI=1S/C17H25FN2O3/c1-12(8-14-6-4-5-7-16(14)18)19-17(21)20-9-13(2)23-15(10-20)11-22-3/h4-7,12-13,15H,8-11H2,1-3H3,(H,19,21). The van der Waals surface area contributed by atoms with Gasteiger partial charge in [0.15, 0.2) is 0 Å². The second-order valence-corrected chi connectivity index (χ2v) is 6.08. The first kappa shape index (κ1) is 17.7. The van der Waals surface area contributed by atoms with Crippen molar-refractivity contribution in [1.29, 1.82) is 0 Å². The minimum atomic E-state index is -0.242. The first-order valence-corrected chi connectivity index (χ1v) is 7.92. The van der Waals surface area contributed by atoms with Crippen molar-refractivity contribution in [3.8, 4) is 0 Å². The van der Waals surface area contributed by atoms with E-state index >= 15 is 0 Å². The van der Waals surface area contributed by atoms with Gasteiger partial charge in [-0.2, -0.15) is 0 Å². The van der Waals surface area contributed by atoms with Crippen molar-refractivity contribution in [1.82, 2.24) is 10.2 Å². The van der Waals surface area contributed by atoms with E-state index < -0.39 is 0 Å². The molecule has 23 heavy (non-hydrogen) atoms. The molecule has 6 heteroatoms. The van der Waals surface area contributed by atoms with E-state index in [1.54, 1.807) is 30.2 Å². The van der Waals surface area contributed by atoms with Crippen LogP contribution in [-0.4, -0.2) is 56.0 Å². The lowest BCUT2D eigenvalue weighted by atomic mass is 10.1. The molecule has 1 N–H and O–H groups in total.